The van der Waals surface area contributed by atoms with Gasteiger partial charge in [0.2, 0.25) is 10.0 Å². The van der Waals surface area contributed by atoms with E-state index in [1.165, 1.54) is 16.5 Å². The molecule has 1 heterocycles. The van der Waals surface area contributed by atoms with Crippen LogP contribution in [-0.4, -0.2) is 52.3 Å². The average Bonchev–Trinajstić information content (AvgIpc) is 2.90. The fourth-order valence-corrected chi connectivity index (χ4v) is 2.93. The lowest BCUT2D eigenvalue weighted by Gasteiger charge is -2.11. The first kappa shape index (κ1) is 18.3. The number of nitrogens with one attached hydrogen (secondary N) is 4. The Morgan fingerprint density at radius 2 is 1.96 bits per heavy atom. The molecule has 2 rings (SSSR count). The molecule has 0 spiro atoms. The molecule has 0 fully saturated rings. The van der Waals surface area contributed by atoms with Crippen molar-refractivity contribution in [2.75, 3.05) is 32.9 Å². The molecule has 0 saturated heterocycles. The number of guanidine groups is 1. The predicted octanol–water partition coefficient (Wildman–Crippen LogP) is 0.733. The summed E-state index contributed by atoms with van der Waals surface area (Å²) in [6.45, 7) is 3.61. The Morgan fingerprint density at radius 3 is 2.67 bits per heavy atom. The summed E-state index contributed by atoms with van der Waals surface area (Å²) in [7, 11) is -1.46. The number of benzene rings is 1. The molecule has 0 radical (unpaired) electrons. The Kier molecular flexibility index (Phi) is 6.22. The third-order valence-corrected chi connectivity index (χ3v) is 4.34. The van der Waals surface area contributed by atoms with Gasteiger partial charge in [0.25, 0.3) is 0 Å². The van der Waals surface area contributed by atoms with E-state index in [0.717, 1.165) is 24.7 Å². The molecule has 0 unspecified atom stereocenters. The van der Waals surface area contributed by atoms with Crippen LogP contribution in [0.15, 0.2) is 29.4 Å². The highest BCUT2D eigenvalue weighted by molar-refractivity contribution is 7.88. The minimum absolute atomic E-state index is 0.321. The summed E-state index contributed by atoms with van der Waals surface area (Å²) < 4.78 is 24.4. The monoisotopic (exact) mass is 351 g/mol. The van der Waals surface area contributed by atoms with Crippen LogP contribution in [0, 0.1) is 6.92 Å². The second kappa shape index (κ2) is 8.16. The maximum Gasteiger partial charge on any atom is 0.208 e. The number of nitrogens with zero attached hydrogens (tertiary/aromatic N) is 1. The van der Waals surface area contributed by atoms with E-state index in [0.29, 0.717) is 19.0 Å². The molecular weight excluding hydrogens is 326 g/mol. The summed E-state index contributed by atoms with van der Waals surface area (Å²) in [6.07, 6.45) is 4.05. The normalized spacial score (nSPS) is 12.5. The summed E-state index contributed by atoms with van der Waals surface area (Å²) in [5.74, 6) is 0.654. The van der Waals surface area contributed by atoms with Crippen molar-refractivity contribution in [2.24, 2.45) is 4.99 Å². The highest BCUT2D eigenvalue weighted by Crippen LogP contribution is 2.19. The summed E-state index contributed by atoms with van der Waals surface area (Å²) >= 11 is 0. The summed E-state index contributed by atoms with van der Waals surface area (Å²) in [5, 5.41) is 7.54. The van der Waals surface area contributed by atoms with Crippen LogP contribution in [0.2, 0.25) is 0 Å². The lowest BCUT2D eigenvalue weighted by molar-refractivity contribution is 0.586. The number of aliphatic imine (C=N–C) groups is 1. The van der Waals surface area contributed by atoms with Crippen molar-refractivity contribution < 1.29 is 8.42 Å². The average molecular weight is 351 g/mol. The quantitative estimate of drug-likeness (QED) is 0.336. The van der Waals surface area contributed by atoms with E-state index >= 15 is 0 Å². The molecule has 8 heteroatoms. The van der Waals surface area contributed by atoms with Gasteiger partial charge in [-0.1, -0.05) is 12.1 Å². The Labute approximate surface area is 143 Å². The first-order chi connectivity index (χ1) is 11.4. The van der Waals surface area contributed by atoms with E-state index < -0.39 is 10.0 Å². The lowest BCUT2D eigenvalue weighted by atomic mass is 10.1. The standard InChI is InChI=1S/C16H25N5O2S/c1-12-4-5-14-13(11-20-15(14)10-12)6-7-18-16(17-2)19-8-9-21-24(3,22)23/h4-5,10-11,20-21H,6-9H2,1-3H3,(H2,17,18,19). The molecule has 24 heavy (non-hydrogen) atoms. The predicted molar refractivity (Wildman–Crippen MR) is 99.0 cm³/mol. The van der Waals surface area contributed by atoms with Crippen LogP contribution in [0.5, 0.6) is 0 Å². The van der Waals surface area contributed by atoms with Gasteiger partial charge in [-0.2, -0.15) is 0 Å². The van der Waals surface area contributed by atoms with Crippen molar-refractivity contribution in [3.8, 4) is 0 Å². The highest BCUT2D eigenvalue weighted by atomic mass is 32.2. The fraction of sp³-hybridized carbons (Fsp3) is 0.438. The Hall–Kier alpha value is -2.06. The van der Waals surface area contributed by atoms with Gasteiger partial charge in [-0.05, 0) is 30.5 Å². The van der Waals surface area contributed by atoms with Crippen molar-refractivity contribution in [1.82, 2.24) is 20.3 Å². The molecule has 0 bridgehead atoms. The van der Waals surface area contributed by atoms with Crippen LogP contribution >= 0.6 is 0 Å². The minimum Gasteiger partial charge on any atom is -0.361 e. The molecule has 0 aliphatic carbocycles. The van der Waals surface area contributed by atoms with E-state index in [9.17, 15) is 8.42 Å². The fourth-order valence-electron chi connectivity index (χ4n) is 2.46. The molecule has 132 valence electrons. The SMILES string of the molecule is CN=C(NCCNS(C)(=O)=O)NCCc1c[nH]c2cc(C)ccc12. The van der Waals surface area contributed by atoms with E-state index in [1.807, 2.05) is 6.20 Å². The summed E-state index contributed by atoms with van der Waals surface area (Å²) in [6, 6.07) is 6.39. The number of H-pyrrole nitrogens is 1. The molecular formula is C16H25N5O2S. The van der Waals surface area contributed by atoms with Crippen molar-refractivity contribution >= 4 is 26.9 Å². The van der Waals surface area contributed by atoms with Crippen LogP contribution in [0.25, 0.3) is 10.9 Å². The van der Waals surface area contributed by atoms with Crippen LogP contribution in [0.1, 0.15) is 11.1 Å². The van der Waals surface area contributed by atoms with Crippen LogP contribution < -0.4 is 15.4 Å². The van der Waals surface area contributed by atoms with E-state index in [2.05, 4.69) is 50.5 Å². The van der Waals surface area contributed by atoms with Crippen molar-refractivity contribution in [1.29, 1.82) is 0 Å². The highest BCUT2D eigenvalue weighted by Gasteiger charge is 2.05. The maximum absolute atomic E-state index is 11.0. The molecule has 0 saturated carbocycles. The van der Waals surface area contributed by atoms with E-state index in [1.54, 1.807) is 7.05 Å². The van der Waals surface area contributed by atoms with Gasteiger partial charge in [-0.3, -0.25) is 4.99 Å². The minimum atomic E-state index is -3.15. The van der Waals surface area contributed by atoms with Gasteiger partial charge >= 0.3 is 0 Å². The number of aromatic amines is 1. The smallest absolute Gasteiger partial charge is 0.208 e. The second-order valence-corrected chi connectivity index (χ2v) is 7.54. The number of aryl methyl sites for hydroxylation is 1. The Morgan fingerprint density at radius 1 is 1.21 bits per heavy atom. The van der Waals surface area contributed by atoms with Crippen LogP contribution in [-0.2, 0) is 16.4 Å². The number of sulfonamides is 1. The van der Waals surface area contributed by atoms with Crippen molar-refractivity contribution in [2.45, 2.75) is 13.3 Å². The van der Waals surface area contributed by atoms with Gasteiger partial charge in [-0.25, -0.2) is 13.1 Å². The lowest BCUT2D eigenvalue weighted by Crippen LogP contribution is -2.42. The molecule has 4 N–H and O–H groups in total. The molecule has 0 amide bonds. The largest absolute Gasteiger partial charge is 0.361 e. The Bertz CT molecular complexity index is 811. The first-order valence-electron chi connectivity index (χ1n) is 7.85. The molecule has 7 nitrogen and oxygen atoms in total. The van der Waals surface area contributed by atoms with Crippen molar-refractivity contribution in [3.63, 3.8) is 0 Å². The third-order valence-electron chi connectivity index (χ3n) is 3.62. The topological polar surface area (TPSA) is 98.4 Å². The van der Waals surface area contributed by atoms with Crippen LogP contribution in [0.3, 0.4) is 0 Å². The van der Waals surface area contributed by atoms with Crippen LogP contribution in [0.4, 0.5) is 0 Å². The zero-order valence-corrected chi connectivity index (χ0v) is 15.1. The summed E-state index contributed by atoms with van der Waals surface area (Å²) in [4.78, 5) is 7.42. The zero-order valence-electron chi connectivity index (χ0n) is 14.3. The van der Waals surface area contributed by atoms with Crippen molar-refractivity contribution in [3.05, 3.63) is 35.5 Å². The van der Waals surface area contributed by atoms with Gasteiger partial charge < -0.3 is 15.6 Å². The van der Waals surface area contributed by atoms with Gasteiger partial charge in [0.15, 0.2) is 5.96 Å². The molecule has 0 aliphatic heterocycles. The molecule has 1 aromatic heterocycles. The van der Waals surface area contributed by atoms with Gasteiger partial charge in [-0.15, -0.1) is 0 Å². The number of hydrogen-bond acceptors (Lipinski definition) is 3. The van der Waals surface area contributed by atoms with Gasteiger partial charge in [0, 0.05) is 43.8 Å². The number of aromatic nitrogens is 1. The summed E-state index contributed by atoms with van der Waals surface area (Å²) in [5.41, 5.74) is 3.65. The molecule has 1 aromatic carbocycles. The third kappa shape index (κ3) is 5.54. The first-order valence-corrected chi connectivity index (χ1v) is 9.74. The number of fused-ring (bicyclic) bond motifs is 1. The number of hydrogen-bond donors (Lipinski definition) is 4. The van der Waals surface area contributed by atoms with E-state index in [4.69, 9.17) is 0 Å². The number of rotatable bonds is 7. The molecule has 0 atom stereocenters. The van der Waals surface area contributed by atoms with E-state index in [-0.39, 0.29) is 0 Å². The second-order valence-electron chi connectivity index (χ2n) is 5.71. The molecule has 0 aliphatic rings. The van der Waals surface area contributed by atoms with Gasteiger partial charge in [0.1, 0.15) is 0 Å². The molecule has 2 aromatic rings. The Balaban J connectivity index is 1.79. The zero-order chi connectivity index (χ0) is 17.6. The maximum atomic E-state index is 11.0. The van der Waals surface area contributed by atoms with Gasteiger partial charge in [0.05, 0.1) is 6.26 Å².